The van der Waals surface area contributed by atoms with Gasteiger partial charge in [-0.1, -0.05) is 6.08 Å². The predicted octanol–water partition coefficient (Wildman–Crippen LogP) is 3.09. The Hall–Kier alpha value is -2.99. The summed E-state index contributed by atoms with van der Waals surface area (Å²) in [5.74, 6) is -0.248. The first-order chi connectivity index (χ1) is 14.9. The first-order valence-electron chi connectivity index (χ1n) is 9.46. The molecule has 1 aliphatic carbocycles. The highest BCUT2D eigenvalue weighted by Crippen LogP contribution is 2.32. The van der Waals surface area contributed by atoms with Crippen molar-refractivity contribution < 1.29 is 35.3 Å². The van der Waals surface area contributed by atoms with Gasteiger partial charge in [0.1, 0.15) is 24.2 Å². The topological polar surface area (TPSA) is 121 Å². The number of hydrogen-bond acceptors (Lipinski definition) is 7. The maximum Gasteiger partial charge on any atom is 0.416 e. The number of halogens is 3. The Morgan fingerprint density at radius 2 is 1.91 bits per heavy atom. The van der Waals surface area contributed by atoms with Crippen LogP contribution in [-0.2, 0) is 27.1 Å². The molecule has 172 valence electrons. The summed E-state index contributed by atoms with van der Waals surface area (Å²) < 4.78 is 70.9. The lowest BCUT2D eigenvalue weighted by atomic mass is 9.96. The van der Waals surface area contributed by atoms with Gasteiger partial charge in [-0.15, -0.1) is 0 Å². The number of aromatic nitrogens is 2. The molecule has 1 atom stereocenters. The molecule has 0 bridgehead atoms. The summed E-state index contributed by atoms with van der Waals surface area (Å²) in [4.78, 5) is 20.0. The second kappa shape index (κ2) is 9.25. The quantitative estimate of drug-likeness (QED) is 0.616. The fourth-order valence-corrected chi connectivity index (χ4v) is 3.38. The van der Waals surface area contributed by atoms with Crippen LogP contribution in [0, 0.1) is 0 Å². The molecule has 1 amide bonds. The minimum Gasteiger partial charge on any atom is -0.490 e. The van der Waals surface area contributed by atoms with Crippen molar-refractivity contribution in [3.8, 4) is 5.75 Å². The standard InChI is InChI=1S/C20H20F3N3O5S/c1-32(28,29)30-11-14-10-17(18(24)27)26-19(25-14)12-2-6-15(7-3-12)31-16-8-4-13(5-9-16)20(21,22)23/h2,4-5,8-10,15H,3,6-7,11H2,1H3,(H2,24,27). The third kappa shape index (κ3) is 6.50. The lowest BCUT2D eigenvalue weighted by Crippen LogP contribution is -2.20. The number of allylic oxidation sites excluding steroid dienone is 1. The van der Waals surface area contributed by atoms with E-state index < -0.39 is 27.8 Å². The van der Waals surface area contributed by atoms with E-state index in [1.54, 1.807) is 6.08 Å². The zero-order chi connectivity index (χ0) is 23.5. The molecule has 0 radical (unpaired) electrons. The number of primary amides is 1. The van der Waals surface area contributed by atoms with Gasteiger partial charge in [-0.25, -0.2) is 9.97 Å². The normalized spacial score (nSPS) is 17.0. The van der Waals surface area contributed by atoms with Crippen LogP contribution in [-0.4, -0.2) is 36.7 Å². The Labute approximate surface area is 182 Å². The minimum atomic E-state index is -4.41. The summed E-state index contributed by atoms with van der Waals surface area (Å²) in [5.41, 5.74) is 5.37. The second-order valence-electron chi connectivity index (χ2n) is 7.16. The summed E-state index contributed by atoms with van der Waals surface area (Å²) in [7, 11) is -3.71. The molecule has 8 nitrogen and oxygen atoms in total. The van der Waals surface area contributed by atoms with E-state index in [0.29, 0.717) is 30.6 Å². The predicted molar refractivity (Wildman–Crippen MR) is 108 cm³/mol. The van der Waals surface area contributed by atoms with E-state index in [2.05, 4.69) is 9.97 Å². The Bertz CT molecular complexity index is 1130. The largest absolute Gasteiger partial charge is 0.490 e. The molecule has 2 aromatic rings. The van der Waals surface area contributed by atoms with Crippen LogP contribution in [0.3, 0.4) is 0 Å². The molecule has 1 aliphatic rings. The van der Waals surface area contributed by atoms with Gasteiger partial charge in [-0.05, 0) is 48.7 Å². The van der Waals surface area contributed by atoms with Crippen molar-refractivity contribution in [1.29, 1.82) is 0 Å². The number of amides is 1. The van der Waals surface area contributed by atoms with Crippen LogP contribution in [0.4, 0.5) is 13.2 Å². The highest BCUT2D eigenvalue weighted by atomic mass is 32.2. The summed E-state index contributed by atoms with van der Waals surface area (Å²) >= 11 is 0. The van der Waals surface area contributed by atoms with Crippen molar-refractivity contribution in [3.05, 3.63) is 59.2 Å². The molecule has 0 saturated carbocycles. The molecule has 0 spiro atoms. The van der Waals surface area contributed by atoms with E-state index in [0.717, 1.165) is 18.4 Å². The molecule has 1 heterocycles. The van der Waals surface area contributed by atoms with E-state index in [1.807, 2.05) is 0 Å². The molecule has 3 rings (SSSR count). The highest BCUT2D eigenvalue weighted by Gasteiger charge is 2.30. The molecule has 0 fully saturated rings. The highest BCUT2D eigenvalue weighted by molar-refractivity contribution is 7.85. The maximum absolute atomic E-state index is 12.7. The van der Waals surface area contributed by atoms with Gasteiger partial charge in [0.05, 0.1) is 17.5 Å². The van der Waals surface area contributed by atoms with Crippen molar-refractivity contribution in [3.63, 3.8) is 0 Å². The zero-order valence-electron chi connectivity index (χ0n) is 16.9. The summed E-state index contributed by atoms with van der Waals surface area (Å²) in [5, 5.41) is 0. The van der Waals surface area contributed by atoms with E-state index >= 15 is 0 Å². The Morgan fingerprint density at radius 1 is 1.22 bits per heavy atom. The van der Waals surface area contributed by atoms with E-state index in [1.165, 1.54) is 18.2 Å². The van der Waals surface area contributed by atoms with Gasteiger partial charge in [0.2, 0.25) is 0 Å². The van der Waals surface area contributed by atoms with E-state index in [4.69, 9.17) is 14.7 Å². The van der Waals surface area contributed by atoms with Crippen molar-refractivity contribution in [2.24, 2.45) is 5.73 Å². The third-order valence-electron chi connectivity index (χ3n) is 4.59. The number of benzene rings is 1. The first kappa shape index (κ1) is 23.7. The number of nitrogens with zero attached hydrogens (tertiary/aromatic N) is 2. The molecule has 1 aromatic heterocycles. The van der Waals surface area contributed by atoms with Crippen LogP contribution in [0.15, 0.2) is 36.4 Å². The van der Waals surface area contributed by atoms with Crippen LogP contribution in [0.2, 0.25) is 0 Å². The molecular weight excluding hydrogens is 451 g/mol. The molecule has 12 heteroatoms. The van der Waals surface area contributed by atoms with Gasteiger partial charge in [0.15, 0.2) is 5.82 Å². The fraction of sp³-hybridized carbons (Fsp3) is 0.350. The second-order valence-corrected chi connectivity index (χ2v) is 8.81. The van der Waals surface area contributed by atoms with Gasteiger partial charge in [-0.3, -0.25) is 8.98 Å². The van der Waals surface area contributed by atoms with Gasteiger partial charge in [0, 0.05) is 6.42 Å². The number of ether oxygens (including phenoxy) is 1. The number of hydrogen-bond donors (Lipinski definition) is 1. The molecule has 1 unspecified atom stereocenters. The first-order valence-corrected chi connectivity index (χ1v) is 11.3. The number of carbonyl (C=O) groups is 1. The molecular formula is C20H20F3N3O5S. The Morgan fingerprint density at radius 3 is 2.44 bits per heavy atom. The molecule has 32 heavy (non-hydrogen) atoms. The Kier molecular flexibility index (Phi) is 6.84. The number of nitrogens with two attached hydrogens (primary N) is 1. The van der Waals surface area contributed by atoms with Crippen LogP contribution < -0.4 is 10.5 Å². The van der Waals surface area contributed by atoms with Gasteiger partial charge >= 0.3 is 6.18 Å². The van der Waals surface area contributed by atoms with Gasteiger partial charge in [0.25, 0.3) is 16.0 Å². The molecule has 0 saturated heterocycles. The van der Waals surface area contributed by atoms with Crippen LogP contribution in [0.5, 0.6) is 5.75 Å². The molecule has 2 N–H and O–H groups in total. The van der Waals surface area contributed by atoms with E-state index in [9.17, 15) is 26.4 Å². The van der Waals surface area contributed by atoms with Crippen LogP contribution in [0.25, 0.3) is 5.57 Å². The lowest BCUT2D eigenvalue weighted by molar-refractivity contribution is -0.137. The van der Waals surface area contributed by atoms with Crippen molar-refractivity contribution in [2.45, 2.75) is 38.1 Å². The maximum atomic E-state index is 12.7. The molecule has 0 aliphatic heterocycles. The van der Waals surface area contributed by atoms with Gasteiger partial charge in [-0.2, -0.15) is 21.6 Å². The summed E-state index contributed by atoms with van der Waals surface area (Å²) in [6.07, 6.45) is -0.528. The molecule has 1 aromatic carbocycles. The van der Waals surface area contributed by atoms with Gasteiger partial charge < -0.3 is 10.5 Å². The average Bonchev–Trinajstić information content (AvgIpc) is 2.72. The SMILES string of the molecule is CS(=O)(=O)OCc1cc(C(N)=O)nc(C2=CCC(Oc3ccc(C(F)(F)F)cc3)CC2)n1. The van der Waals surface area contributed by atoms with Crippen LogP contribution >= 0.6 is 0 Å². The number of rotatable bonds is 7. The zero-order valence-corrected chi connectivity index (χ0v) is 17.7. The summed E-state index contributed by atoms with van der Waals surface area (Å²) in [6, 6.07) is 5.73. The van der Waals surface area contributed by atoms with Crippen molar-refractivity contribution in [1.82, 2.24) is 9.97 Å². The monoisotopic (exact) mass is 471 g/mol. The van der Waals surface area contributed by atoms with Crippen molar-refractivity contribution >= 4 is 21.6 Å². The van der Waals surface area contributed by atoms with E-state index in [-0.39, 0.29) is 29.9 Å². The van der Waals surface area contributed by atoms with Crippen LogP contribution in [0.1, 0.15) is 46.8 Å². The number of carbonyl (C=O) groups excluding carboxylic acids is 1. The minimum absolute atomic E-state index is 0.0777. The lowest BCUT2D eigenvalue weighted by Gasteiger charge is -2.23. The summed E-state index contributed by atoms with van der Waals surface area (Å²) in [6.45, 7) is -0.373. The Balaban J connectivity index is 1.72. The third-order valence-corrected chi connectivity index (χ3v) is 5.13. The average molecular weight is 471 g/mol. The number of alkyl halides is 3. The fourth-order valence-electron chi connectivity index (χ4n) is 3.04. The smallest absolute Gasteiger partial charge is 0.416 e. The van der Waals surface area contributed by atoms with Crippen molar-refractivity contribution in [2.75, 3.05) is 6.26 Å².